The van der Waals surface area contributed by atoms with Crippen molar-refractivity contribution in [3.05, 3.63) is 0 Å². The third-order valence-corrected chi connectivity index (χ3v) is 2.19. The van der Waals surface area contributed by atoms with E-state index in [1.54, 1.807) is 0 Å². The molecular weight excluding hydrogens is 192 g/mol. The van der Waals surface area contributed by atoms with Gasteiger partial charge in [0.1, 0.15) is 0 Å². The molecule has 0 aromatic rings. The summed E-state index contributed by atoms with van der Waals surface area (Å²) in [5.74, 6) is -0.235. The standard InChI is InChI=1S/C11H20N2O2/c1-5-7-13(8-6-12)9-11(2,3)10(14)15-4/h5,7-9H2,1-4H3. The molecular formula is C11H20N2O2. The molecule has 0 aliphatic carbocycles. The highest BCUT2D eigenvalue weighted by molar-refractivity contribution is 5.76. The quantitative estimate of drug-likeness (QED) is 0.493. The van der Waals surface area contributed by atoms with Crippen LogP contribution in [0.25, 0.3) is 0 Å². The smallest absolute Gasteiger partial charge is 0.312 e. The predicted molar refractivity (Wildman–Crippen MR) is 58.1 cm³/mol. The van der Waals surface area contributed by atoms with Crippen LogP contribution in [0.1, 0.15) is 27.2 Å². The van der Waals surface area contributed by atoms with Crippen LogP contribution in [-0.2, 0) is 9.53 Å². The lowest BCUT2D eigenvalue weighted by Gasteiger charge is -2.28. The maximum atomic E-state index is 11.4. The first-order valence-electron chi connectivity index (χ1n) is 5.15. The summed E-state index contributed by atoms with van der Waals surface area (Å²) < 4.78 is 4.72. The number of hydrogen-bond acceptors (Lipinski definition) is 4. The highest BCUT2D eigenvalue weighted by Crippen LogP contribution is 2.18. The van der Waals surface area contributed by atoms with E-state index in [-0.39, 0.29) is 5.97 Å². The zero-order valence-corrected chi connectivity index (χ0v) is 10.0. The summed E-state index contributed by atoms with van der Waals surface area (Å²) in [6.07, 6.45) is 0.971. The molecule has 0 saturated heterocycles. The van der Waals surface area contributed by atoms with Crippen molar-refractivity contribution in [1.29, 1.82) is 5.26 Å². The highest BCUT2D eigenvalue weighted by atomic mass is 16.5. The lowest BCUT2D eigenvalue weighted by Crippen LogP contribution is -2.40. The number of carbonyl (C=O) groups excluding carboxylic acids is 1. The number of nitrogens with zero attached hydrogens (tertiary/aromatic N) is 2. The number of ether oxygens (including phenoxy) is 1. The highest BCUT2D eigenvalue weighted by Gasteiger charge is 2.30. The van der Waals surface area contributed by atoms with E-state index >= 15 is 0 Å². The first kappa shape index (κ1) is 13.9. The van der Waals surface area contributed by atoms with Crippen LogP contribution in [-0.4, -0.2) is 37.6 Å². The van der Waals surface area contributed by atoms with E-state index in [2.05, 4.69) is 13.0 Å². The normalized spacial score (nSPS) is 11.2. The molecule has 0 aromatic carbocycles. The molecule has 0 amide bonds. The second-order valence-electron chi connectivity index (χ2n) is 4.24. The monoisotopic (exact) mass is 212 g/mol. The number of carbonyl (C=O) groups is 1. The van der Waals surface area contributed by atoms with Gasteiger partial charge in [-0.1, -0.05) is 6.92 Å². The van der Waals surface area contributed by atoms with Crippen molar-refractivity contribution in [3.63, 3.8) is 0 Å². The van der Waals surface area contributed by atoms with Gasteiger partial charge in [0.2, 0.25) is 0 Å². The number of esters is 1. The molecule has 4 heteroatoms. The fraction of sp³-hybridized carbons (Fsp3) is 0.818. The van der Waals surface area contributed by atoms with E-state index in [4.69, 9.17) is 10.00 Å². The summed E-state index contributed by atoms with van der Waals surface area (Å²) in [7, 11) is 1.39. The zero-order chi connectivity index (χ0) is 11.9. The molecule has 0 aliphatic heterocycles. The second-order valence-corrected chi connectivity index (χ2v) is 4.24. The van der Waals surface area contributed by atoms with Crippen LogP contribution >= 0.6 is 0 Å². The van der Waals surface area contributed by atoms with Crippen molar-refractivity contribution in [2.24, 2.45) is 5.41 Å². The maximum absolute atomic E-state index is 11.4. The Balaban J connectivity index is 4.37. The van der Waals surface area contributed by atoms with E-state index in [1.807, 2.05) is 18.7 Å². The van der Waals surface area contributed by atoms with Crippen LogP contribution < -0.4 is 0 Å². The fourth-order valence-electron chi connectivity index (χ4n) is 1.53. The molecule has 0 saturated carbocycles. The minimum atomic E-state index is -0.555. The van der Waals surface area contributed by atoms with Gasteiger partial charge in [-0.3, -0.25) is 9.69 Å². The topological polar surface area (TPSA) is 53.3 Å². The van der Waals surface area contributed by atoms with Gasteiger partial charge in [0.05, 0.1) is 25.1 Å². The van der Waals surface area contributed by atoms with Crippen molar-refractivity contribution in [2.45, 2.75) is 27.2 Å². The Labute approximate surface area is 91.8 Å². The molecule has 0 rings (SSSR count). The van der Waals surface area contributed by atoms with E-state index in [0.29, 0.717) is 13.1 Å². The number of rotatable bonds is 6. The van der Waals surface area contributed by atoms with Crippen molar-refractivity contribution >= 4 is 5.97 Å². The van der Waals surface area contributed by atoms with Crippen molar-refractivity contribution in [2.75, 3.05) is 26.7 Å². The number of methoxy groups -OCH3 is 1. The average molecular weight is 212 g/mol. The van der Waals surface area contributed by atoms with Crippen LogP contribution in [0.3, 0.4) is 0 Å². The van der Waals surface area contributed by atoms with Crippen LogP contribution in [0.5, 0.6) is 0 Å². The largest absolute Gasteiger partial charge is 0.469 e. The molecule has 4 nitrogen and oxygen atoms in total. The number of hydrogen-bond donors (Lipinski definition) is 0. The Hall–Kier alpha value is -1.08. The number of nitriles is 1. The van der Waals surface area contributed by atoms with Gasteiger partial charge in [-0.05, 0) is 26.8 Å². The molecule has 0 N–H and O–H groups in total. The summed E-state index contributed by atoms with van der Waals surface area (Å²) in [6.45, 7) is 7.45. The molecule has 0 spiro atoms. The van der Waals surface area contributed by atoms with Crippen molar-refractivity contribution < 1.29 is 9.53 Å². The van der Waals surface area contributed by atoms with Crippen LogP contribution in [0.4, 0.5) is 0 Å². The first-order valence-corrected chi connectivity index (χ1v) is 5.15. The van der Waals surface area contributed by atoms with E-state index in [0.717, 1.165) is 13.0 Å². The van der Waals surface area contributed by atoms with Crippen LogP contribution in [0.15, 0.2) is 0 Å². The Bertz CT molecular complexity index is 243. The molecule has 15 heavy (non-hydrogen) atoms. The fourth-order valence-corrected chi connectivity index (χ4v) is 1.53. The first-order chi connectivity index (χ1) is 6.97. The third kappa shape index (κ3) is 4.80. The molecule has 0 fully saturated rings. The Morgan fingerprint density at radius 3 is 2.53 bits per heavy atom. The molecule has 0 radical (unpaired) electrons. The Kier molecular flexibility index (Phi) is 5.95. The minimum Gasteiger partial charge on any atom is -0.469 e. The van der Waals surface area contributed by atoms with Gasteiger partial charge in [-0.2, -0.15) is 5.26 Å². The van der Waals surface area contributed by atoms with Gasteiger partial charge in [-0.25, -0.2) is 0 Å². The molecule has 0 unspecified atom stereocenters. The molecule has 0 atom stereocenters. The van der Waals surface area contributed by atoms with E-state index < -0.39 is 5.41 Å². The second kappa shape index (κ2) is 6.41. The van der Waals surface area contributed by atoms with Gasteiger partial charge in [0, 0.05) is 6.54 Å². The molecule has 0 aliphatic rings. The van der Waals surface area contributed by atoms with Gasteiger partial charge in [0.15, 0.2) is 0 Å². The van der Waals surface area contributed by atoms with Crippen LogP contribution in [0.2, 0.25) is 0 Å². The van der Waals surface area contributed by atoms with Gasteiger partial charge >= 0.3 is 5.97 Å². The molecule has 86 valence electrons. The van der Waals surface area contributed by atoms with E-state index in [9.17, 15) is 4.79 Å². The molecule has 0 bridgehead atoms. The summed E-state index contributed by atoms with van der Waals surface area (Å²) in [5, 5.41) is 8.65. The molecule has 0 heterocycles. The van der Waals surface area contributed by atoms with E-state index in [1.165, 1.54) is 7.11 Å². The Morgan fingerprint density at radius 1 is 1.53 bits per heavy atom. The maximum Gasteiger partial charge on any atom is 0.312 e. The lowest BCUT2D eigenvalue weighted by molar-refractivity contribution is -0.151. The van der Waals surface area contributed by atoms with Crippen molar-refractivity contribution in [1.82, 2.24) is 4.90 Å². The summed E-state index contributed by atoms with van der Waals surface area (Å²) >= 11 is 0. The van der Waals surface area contributed by atoms with Crippen LogP contribution in [0, 0.1) is 16.7 Å². The predicted octanol–water partition coefficient (Wildman–Crippen LogP) is 1.42. The van der Waals surface area contributed by atoms with Crippen molar-refractivity contribution in [3.8, 4) is 6.07 Å². The summed E-state index contributed by atoms with van der Waals surface area (Å²) in [4.78, 5) is 13.4. The van der Waals surface area contributed by atoms with Gasteiger partial charge in [0.25, 0.3) is 0 Å². The SMILES string of the molecule is CCCN(CC#N)CC(C)(C)C(=O)OC. The summed E-state index contributed by atoms with van der Waals surface area (Å²) in [6, 6.07) is 2.11. The van der Waals surface area contributed by atoms with Gasteiger partial charge in [-0.15, -0.1) is 0 Å². The minimum absolute atomic E-state index is 0.235. The zero-order valence-electron chi connectivity index (χ0n) is 10.0. The third-order valence-electron chi connectivity index (χ3n) is 2.19. The molecule has 0 aromatic heterocycles. The lowest BCUT2D eigenvalue weighted by atomic mass is 9.93. The van der Waals surface area contributed by atoms with Gasteiger partial charge < -0.3 is 4.74 Å². The average Bonchev–Trinajstić information content (AvgIpc) is 2.16. The Morgan fingerprint density at radius 2 is 2.13 bits per heavy atom. The summed E-state index contributed by atoms with van der Waals surface area (Å²) in [5.41, 5.74) is -0.555.